The molecule has 0 aliphatic carbocycles. The molecule has 0 rings (SSSR count). The summed E-state index contributed by atoms with van der Waals surface area (Å²) in [7, 11) is 0. The molecule has 0 radical (unpaired) electrons. The Bertz CT molecular complexity index is 190. The van der Waals surface area contributed by atoms with Crippen molar-refractivity contribution in [1.29, 1.82) is 0 Å². The highest BCUT2D eigenvalue weighted by Crippen LogP contribution is 2.12. The first-order valence-corrected chi connectivity index (χ1v) is 4.74. The Balaban J connectivity index is 3.84. The highest BCUT2D eigenvalue weighted by atomic mass is 16.5. The lowest BCUT2D eigenvalue weighted by molar-refractivity contribution is -0.145. The Morgan fingerprint density at radius 3 is 2.23 bits per heavy atom. The largest absolute Gasteiger partial charge is 0.463 e. The van der Waals surface area contributed by atoms with Gasteiger partial charge in [0, 0.05) is 6.92 Å². The van der Waals surface area contributed by atoms with E-state index in [-0.39, 0.29) is 12.1 Å². The van der Waals surface area contributed by atoms with E-state index < -0.39 is 0 Å². The summed E-state index contributed by atoms with van der Waals surface area (Å²) in [6, 6.07) is 0. The van der Waals surface area contributed by atoms with E-state index in [0.29, 0.717) is 5.92 Å². The Labute approximate surface area is 81.0 Å². The standard InChI is InChI=1S/C11H20O2/c1-8(2)6-9(3)7-10(4)13-11(5)12/h6,9-10H,7H2,1-5H3. The summed E-state index contributed by atoms with van der Waals surface area (Å²) in [5.74, 6) is 0.274. The maximum atomic E-state index is 10.6. The molecule has 2 unspecified atom stereocenters. The third kappa shape index (κ3) is 7.57. The minimum atomic E-state index is -0.197. The van der Waals surface area contributed by atoms with Crippen LogP contribution < -0.4 is 0 Å². The number of hydrogen-bond acceptors (Lipinski definition) is 2. The molecule has 76 valence electrons. The van der Waals surface area contributed by atoms with Gasteiger partial charge in [0.2, 0.25) is 0 Å². The van der Waals surface area contributed by atoms with Crippen LogP contribution in [0.15, 0.2) is 11.6 Å². The minimum Gasteiger partial charge on any atom is -0.463 e. The first-order chi connectivity index (χ1) is 5.91. The molecule has 2 nitrogen and oxygen atoms in total. The van der Waals surface area contributed by atoms with Gasteiger partial charge in [0.25, 0.3) is 0 Å². The van der Waals surface area contributed by atoms with Crippen LogP contribution in [0, 0.1) is 5.92 Å². The van der Waals surface area contributed by atoms with E-state index in [9.17, 15) is 4.79 Å². The minimum absolute atomic E-state index is 0.0168. The second-order valence-corrected chi connectivity index (χ2v) is 3.88. The average Bonchev–Trinajstić information content (AvgIpc) is 1.80. The monoisotopic (exact) mass is 184 g/mol. The number of allylic oxidation sites excluding steroid dienone is 2. The molecule has 0 N–H and O–H groups in total. The lowest BCUT2D eigenvalue weighted by atomic mass is 10.0. The lowest BCUT2D eigenvalue weighted by Crippen LogP contribution is -2.14. The molecular formula is C11H20O2. The van der Waals surface area contributed by atoms with Crippen LogP contribution in [-0.2, 0) is 9.53 Å². The van der Waals surface area contributed by atoms with Crippen LogP contribution in [0.4, 0.5) is 0 Å². The second kappa shape index (κ2) is 5.79. The first kappa shape index (κ1) is 12.2. The Morgan fingerprint density at radius 2 is 1.85 bits per heavy atom. The van der Waals surface area contributed by atoms with Gasteiger partial charge in [-0.15, -0.1) is 0 Å². The molecule has 0 aliphatic rings. The highest BCUT2D eigenvalue weighted by Gasteiger charge is 2.08. The Morgan fingerprint density at radius 1 is 1.31 bits per heavy atom. The van der Waals surface area contributed by atoms with E-state index in [4.69, 9.17) is 4.74 Å². The van der Waals surface area contributed by atoms with Crippen LogP contribution >= 0.6 is 0 Å². The molecular weight excluding hydrogens is 164 g/mol. The smallest absolute Gasteiger partial charge is 0.302 e. The molecule has 0 aromatic rings. The SMILES string of the molecule is CC(=O)OC(C)CC(C)C=C(C)C. The van der Waals surface area contributed by atoms with Crippen LogP contribution in [0.25, 0.3) is 0 Å². The van der Waals surface area contributed by atoms with Crippen molar-refractivity contribution in [1.82, 2.24) is 0 Å². The maximum Gasteiger partial charge on any atom is 0.302 e. The molecule has 0 aromatic carbocycles. The predicted molar refractivity (Wildman–Crippen MR) is 54.4 cm³/mol. The fourth-order valence-corrected chi connectivity index (χ4v) is 1.49. The summed E-state index contributed by atoms with van der Waals surface area (Å²) >= 11 is 0. The van der Waals surface area contributed by atoms with Crippen molar-refractivity contribution in [2.75, 3.05) is 0 Å². The molecule has 0 heterocycles. The van der Waals surface area contributed by atoms with Gasteiger partial charge in [0.05, 0.1) is 6.10 Å². The van der Waals surface area contributed by atoms with Gasteiger partial charge in [-0.1, -0.05) is 18.6 Å². The van der Waals surface area contributed by atoms with Crippen molar-refractivity contribution in [2.24, 2.45) is 5.92 Å². The van der Waals surface area contributed by atoms with Crippen LogP contribution in [0.1, 0.15) is 41.0 Å². The van der Waals surface area contributed by atoms with Gasteiger partial charge in [-0.25, -0.2) is 0 Å². The van der Waals surface area contributed by atoms with Crippen molar-refractivity contribution in [3.8, 4) is 0 Å². The van der Waals surface area contributed by atoms with Crippen molar-refractivity contribution in [3.63, 3.8) is 0 Å². The number of ether oxygens (including phenoxy) is 1. The zero-order valence-electron chi connectivity index (χ0n) is 9.26. The van der Waals surface area contributed by atoms with Gasteiger partial charge in [-0.2, -0.15) is 0 Å². The Kier molecular flexibility index (Phi) is 5.44. The van der Waals surface area contributed by atoms with Crippen molar-refractivity contribution in [3.05, 3.63) is 11.6 Å². The van der Waals surface area contributed by atoms with E-state index in [1.165, 1.54) is 12.5 Å². The quantitative estimate of drug-likeness (QED) is 0.496. The summed E-state index contributed by atoms with van der Waals surface area (Å²) < 4.78 is 5.03. The number of carbonyl (C=O) groups is 1. The zero-order valence-corrected chi connectivity index (χ0v) is 9.26. The molecule has 0 aliphatic heterocycles. The van der Waals surface area contributed by atoms with Crippen molar-refractivity contribution < 1.29 is 9.53 Å². The summed E-state index contributed by atoms with van der Waals surface area (Å²) in [6.07, 6.45) is 3.10. The van der Waals surface area contributed by atoms with Crippen LogP contribution in [0.2, 0.25) is 0 Å². The maximum absolute atomic E-state index is 10.6. The van der Waals surface area contributed by atoms with Gasteiger partial charge in [0.15, 0.2) is 0 Å². The number of esters is 1. The summed E-state index contributed by atoms with van der Waals surface area (Å²) in [5, 5.41) is 0. The topological polar surface area (TPSA) is 26.3 Å². The molecule has 0 spiro atoms. The second-order valence-electron chi connectivity index (χ2n) is 3.88. The normalized spacial score (nSPS) is 14.5. The van der Waals surface area contributed by atoms with E-state index in [1.54, 1.807) is 0 Å². The number of carbonyl (C=O) groups excluding carboxylic acids is 1. The fraction of sp³-hybridized carbons (Fsp3) is 0.727. The molecule has 0 aromatic heterocycles. The molecule has 13 heavy (non-hydrogen) atoms. The van der Waals surface area contributed by atoms with Gasteiger partial charge >= 0.3 is 5.97 Å². The highest BCUT2D eigenvalue weighted by molar-refractivity contribution is 5.66. The van der Waals surface area contributed by atoms with E-state index in [0.717, 1.165) is 6.42 Å². The molecule has 2 heteroatoms. The number of rotatable bonds is 4. The van der Waals surface area contributed by atoms with E-state index >= 15 is 0 Å². The van der Waals surface area contributed by atoms with Crippen LogP contribution in [0.3, 0.4) is 0 Å². The van der Waals surface area contributed by atoms with Gasteiger partial charge < -0.3 is 4.74 Å². The molecule has 2 atom stereocenters. The average molecular weight is 184 g/mol. The molecule has 0 fully saturated rings. The predicted octanol–water partition coefficient (Wildman–Crippen LogP) is 2.93. The summed E-state index contributed by atoms with van der Waals surface area (Å²) in [5.41, 5.74) is 1.31. The van der Waals surface area contributed by atoms with Crippen molar-refractivity contribution in [2.45, 2.75) is 47.1 Å². The third-order valence-corrected chi connectivity index (χ3v) is 1.69. The van der Waals surface area contributed by atoms with Crippen LogP contribution in [0.5, 0.6) is 0 Å². The molecule has 0 bridgehead atoms. The van der Waals surface area contributed by atoms with Gasteiger partial charge in [-0.05, 0) is 33.1 Å². The molecule has 0 saturated carbocycles. The van der Waals surface area contributed by atoms with E-state index in [1.807, 2.05) is 6.92 Å². The van der Waals surface area contributed by atoms with Crippen LogP contribution in [-0.4, -0.2) is 12.1 Å². The third-order valence-electron chi connectivity index (χ3n) is 1.69. The van der Waals surface area contributed by atoms with Gasteiger partial charge in [-0.3, -0.25) is 4.79 Å². The number of hydrogen-bond donors (Lipinski definition) is 0. The Hall–Kier alpha value is -0.790. The fourth-order valence-electron chi connectivity index (χ4n) is 1.49. The zero-order chi connectivity index (χ0) is 10.4. The van der Waals surface area contributed by atoms with E-state index in [2.05, 4.69) is 26.8 Å². The molecule has 0 amide bonds. The first-order valence-electron chi connectivity index (χ1n) is 4.74. The van der Waals surface area contributed by atoms with Crippen molar-refractivity contribution >= 4 is 5.97 Å². The molecule has 0 saturated heterocycles. The lowest BCUT2D eigenvalue weighted by Gasteiger charge is -2.14. The summed E-state index contributed by atoms with van der Waals surface area (Å²) in [6.45, 7) is 9.66. The summed E-state index contributed by atoms with van der Waals surface area (Å²) in [4.78, 5) is 10.6. The van der Waals surface area contributed by atoms with Gasteiger partial charge in [0.1, 0.15) is 0 Å².